The topological polar surface area (TPSA) is 15.3 Å². The van der Waals surface area contributed by atoms with E-state index in [2.05, 4.69) is 17.1 Å². The average Bonchev–Trinajstić information content (AvgIpc) is 2.29. The Labute approximate surface area is 102 Å². The molecule has 0 saturated carbocycles. The van der Waals surface area contributed by atoms with E-state index in [-0.39, 0.29) is 5.56 Å². The third-order valence-corrected chi connectivity index (χ3v) is 2.88. The Morgan fingerprint density at radius 2 is 1.76 bits per heavy atom. The van der Waals surface area contributed by atoms with E-state index in [9.17, 15) is 8.78 Å². The highest BCUT2D eigenvalue weighted by Gasteiger charge is 2.06. The molecule has 0 aliphatic heterocycles. The fourth-order valence-corrected chi connectivity index (χ4v) is 1.39. The van der Waals surface area contributed by atoms with E-state index in [0.717, 1.165) is 12.1 Å². The molecule has 0 saturated heterocycles. The molecule has 1 atom stereocenters. The van der Waals surface area contributed by atoms with Crippen LogP contribution in [0.25, 0.3) is 0 Å². The smallest absolute Gasteiger partial charge is 0.263 e. The third kappa shape index (κ3) is 4.79. The van der Waals surface area contributed by atoms with Crippen molar-refractivity contribution in [3.05, 3.63) is 35.4 Å². The molecule has 0 amide bonds. The minimum Gasteiger partial charge on any atom is -0.311 e. The molecule has 0 radical (unpaired) electrons. The van der Waals surface area contributed by atoms with E-state index in [4.69, 9.17) is 0 Å². The van der Waals surface area contributed by atoms with E-state index < -0.39 is 6.43 Å². The van der Waals surface area contributed by atoms with Gasteiger partial charge in [0.15, 0.2) is 0 Å². The molecule has 0 aromatic heterocycles. The standard InChI is InChI=1S/C13H20F2N2/c1-10(17(2)3)8-16-9-11-4-6-12(7-5-11)13(14)15/h4-7,10,13,16H,8-9H2,1-3H3. The summed E-state index contributed by atoms with van der Waals surface area (Å²) in [5.74, 6) is 0. The molecule has 1 N–H and O–H groups in total. The monoisotopic (exact) mass is 242 g/mol. The predicted molar refractivity (Wildman–Crippen MR) is 66.3 cm³/mol. The lowest BCUT2D eigenvalue weighted by atomic mass is 10.1. The lowest BCUT2D eigenvalue weighted by molar-refractivity contribution is 0.151. The second-order valence-electron chi connectivity index (χ2n) is 4.49. The van der Waals surface area contributed by atoms with E-state index >= 15 is 0 Å². The summed E-state index contributed by atoms with van der Waals surface area (Å²) in [6, 6.07) is 6.91. The third-order valence-electron chi connectivity index (χ3n) is 2.88. The van der Waals surface area contributed by atoms with Crippen LogP contribution < -0.4 is 5.32 Å². The van der Waals surface area contributed by atoms with Crippen molar-refractivity contribution in [2.45, 2.75) is 25.9 Å². The van der Waals surface area contributed by atoms with Gasteiger partial charge >= 0.3 is 0 Å². The second-order valence-corrected chi connectivity index (χ2v) is 4.49. The fourth-order valence-electron chi connectivity index (χ4n) is 1.39. The van der Waals surface area contributed by atoms with Gasteiger partial charge in [-0.2, -0.15) is 0 Å². The van der Waals surface area contributed by atoms with Gasteiger partial charge in [0, 0.05) is 24.7 Å². The molecule has 0 spiro atoms. The van der Waals surface area contributed by atoms with Crippen molar-refractivity contribution in [1.29, 1.82) is 0 Å². The molecule has 1 unspecified atom stereocenters. The Morgan fingerprint density at radius 3 is 2.24 bits per heavy atom. The lowest BCUT2D eigenvalue weighted by Gasteiger charge is -2.20. The van der Waals surface area contributed by atoms with Gasteiger partial charge < -0.3 is 10.2 Å². The van der Waals surface area contributed by atoms with Crippen molar-refractivity contribution in [2.24, 2.45) is 0 Å². The van der Waals surface area contributed by atoms with Crippen LogP contribution in [0.15, 0.2) is 24.3 Å². The minimum absolute atomic E-state index is 0.0791. The van der Waals surface area contributed by atoms with Crippen LogP contribution in [0.3, 0.4) is 0 Å². The highest BCUT2D eigenvalue weighted by Crippen LogP contribution is 2.18. The molecule has 0 aliphatic rings. The van der Waals surface area contributed by atoms with Gasteiger partial charge in [-0.05, 0) is 26.6 Å². The molecule has 1 aromatic carbocycles. The summed E-state index contributed by atoms with van der Waals surface area (Å²) in [5, 5.41) is 3.30. The van der Waals surface area contributed by atoms with Gasteiger partial charge in [0.25, 0.3) is 6.43 Å². The van der Waals surface area contributed by atoms with Crippen molar-refractivity contribution in [3.63, 3.8) is 0 Å². The summed E-state index contributed by atoms with van der Waals surface area (Å²) >= 11 is 0. The molecule has 0 bridgehead atoms. The number of rotatable bonds is 6. The predicted octanol–water partition coefficient (Wildman–Crippen LogP) is 2.66. The zero-order valence-electron chi connectivity index (χ0n) is 10.6. The largest absolute Gasteiger partial charge is 0.311 e. The maximum atomic E-state index is 12.3. The maximum Gasteiger partial charge on any atom is 0.263 e. The zero-order valence-corrected chi connectivity index (χ0v) is 10.6. The molecule has 17 heavy (non-hydrogen) atoms. The number of alkyl halides is 2. The van der Waals surface area contributed by atoms with Crippen LogP contribution in [0.1, 0.15) is 24.5 Å². The molecule has 96 valence electrons. The van der Waals surface area contributed by atoms with Crippen LogP contribution in [0.4, 0.5) is 8.78 Å². The van der Waals surface area contributed by atoms with Gasteiger partial charge in [-0.15, -0.1) is 0 Å². The van der Waals surface area contributed by atoms with E-state index in [1.54, 1.807) is 12.1 Å². The Morgan fingerprint density at radius 1 is 1.18 bits per heavy atom. The van der Waals surface area contributed by atoms with Crippen LogP contribution in [0.2, 0.25) is 0 Å². The average molecular weight is 242 g/mol. The number of nitrogens with one attached hydrogen (secondary N) is 1. The SMILES string of the molecule is CC(CNCc1ccc(C(F)F)cc1)N(C)C. The molecule has 0 aliphatic carbocycles. The number of hydrogen-bond donors (Lipinski definition) is 1. The summed E-state index contributed by atoms with van der Waals surface area (Å²) in [7, 11) is 4.06. The molecule has 0 heterocycles. The summed E-state index contributed by atoms with van der Waals surface area (Å²) in [4.78, 5) is 2.13. The summed E-state index contributed by atoms with van der Waals surface area (Å²) in [6.07, 6.45) is -2.38. The number of nitrogens with zero attached hydrogens (tertiary/aromatic N) is 1. The Hall–Kier alpha value is -1.00. The van der Waals surface area contributed by atoms with Gasteiger partial charge in [-0.3, -0.25) is 0 Å². The minimum atomic E-state index is -2.38. The zero-order chi connectivity index (χ0) is 12.8. The normalized spacial score (nSPS) is 13.4. The summed E-state index contributed by atoms with van der Waals surface area (Å²) < 4.78 is 24.6. The first-order valence-corrected chi connectivity index (χ1v) is 5.75. The summed E-state index contributed by atoms with van der Waals surface area (Å²) in [5.41, 5.74) is 1.11. The quantitative estimate of drug-likeness (QED) is 0.825. The van der Waals surface area contributed by atoms with Gasteiger partial charge in [0.2, 0.25) is 0 Å². The summed E-state index contributed by atoms with van der Waals surface area (Å²) in [6.45, 7) is 3.72. The van der Waals surface area contributed by atoms with Gasteiger partial charge in [-0.25, -0.2) is 8.78 Å². The lowest BCUT2D eigenvalue weighted by Crippen LogP contribution is -2.35. The second kappa shape index (κ2) is 6.67. The molecular formula is C13H20F2N2. The van der Waals surface area contributed by atoms with Gasteiger partial charge in [-0.1, -0.05) is 24.3 Å². The molecule has 1 rings (SSSR count). The molecular weight excluding hydrogens is 222 g/mol. The van der Waals surface area contributed by atoms with Crippen molar-refractivity contribution >= 4 is 0 Å². The van der Waals surface area contributed by atoms with Gasteiger partial charge in [0.05, 0.1) is 0 Å². The molecule has 1 aromatic rings. The molecule has 0 fully saturated rings. The van der Waals surface area contributed by atoms with Crippen LogP contribution in [0.5, 0.6) is 0 Å². The number of halogens is 2. The fraction of sp³-hybridized carbons (Fsp3) is 0.538. The van der Waals surface area contributed by atoms with Crippen molar-refractivity contribution in [3.8, 4) is 0 Å². The van der Waals surface area contributed by atoms with Crippen molar-refractivity contribution in [2.75, 3.05) is 20.6 Å². The Kier molecular flexibility index (Phi) is 5.51. The van der Waals surface area contributed by atoms with E-state index in [1.165, 1.54) is 12.1 Å². The first-order valence-electron chi connectivity index (χ1n) is 5.75. The Bertz CT molecular complexity index is 323. The van der Waals surface area contributed by atoms with E-state index in [1.807, 2.05) is 14.1 Å². The van der Waals surface area contributed by atoms with Crippen LogP contribution in [-0.4, -0.2) is 31.6 Å². The van der Waals surface area contributed by atoms with Crippen LogP contribution in [0, 0.1) is 0 Å². The van der Waals surface area contributed by atoms with Crippen LogP contribution in [-0.2, 0) is 6.54 Å². The van der Waals surface area contributed by atoms with Gasteiger partial charge in [0.1, 0.15) is 0 Å². The number of hydrogen-bond acceptors (Lipinski definition) is 2. The first kappa shape index (κ1) is 14.1. The van der Waals surface area contributed by atoms with Crippen molar-refractivity contribution < 1.29 is 8.78 Å². The first-order chi connectivity index (χ1) is 8.00. The van der Waals surface area contributed by atoms with Crippen molar-refractivity contribution in [1.82, 2.24) is 10.2 Å². The highest BCUT2D eigenvalue weighted by atomic mass is 19.3. The maximum absolute atomic E-state index is 12.3. The van der Waals surface area contributed by atoms with E-state index in [0.29, 0.717) is 12.6 Å². The molecule has 2 nitrogen and oxygen atoms in total. The number of likely N-dealkylation sites (N-methyl/N-ethyl adjacent to an activating group) is 1. The Balaban J connectivity index is 2.37. The van der Waals surface area contributed by atoms with Crippen LogP contribution >= 0.6 is 0 Å². The highest BCUT2D eigenvalue weighted by molar-refractivity contribution is 5.23. The number of benzene rings is 1. The molecule has 4 heteroatoms.